The smallest absolute Gasteiger partial charge is 0.354 e. The standard InChI is InChI=1S/C8H12N2O2S/c1-5(2)10-6(8(11)12)3-9-7(10)4-13/h3,5,13H,4H2,1-2H3,(H,11,12). The summed E-state index contributed by atoms with van der Waals surface area (Å²) in [6, 6.07) is 0.0933. The molecule has 1 N–H and O–H groups in total. The van der Waals surface area contributed by atoms with Gasteiger partial charge in [0.05, 0.1) is 6.20 Å². The topological polar surface area (TPSA) is 55.1 Å². The minimum atomic E-state index is -0.950. The van der Waals surface area contributed by atoms with E-state index in [0.29, 0.717) is 11.6 Å². The van der Waals surface area contributed by atoms with E-state index in [-0.39, 0.29) is 11.7 Å². The Morgan fingerprint density at radius 2 is 2.38 bits per heavy atom. The Balaban J connectivity index is 3.22. The minimum absolute atomic E-state index is 0.0933. The summed E-state index contributed by atoms with van der Waals surface area (Å²) < 4.78 is 1.68. The van der Waals surface area contributed by atoms with Crippen LogP contribution in [-0.2, 0) is 5.75 Å². The second-order valence-electron chi connectivity index (χ2n) is 2.99. The molecular weight excluding hydrogens is 188 g/mol. The van der Waals surface area contributed by atoms with Gasteiger partial charge in [-0.3, -0.25) is 0 Å². The summed E-state index contributed by atoms with van der Waals surface area (Å²) in [7, 11) is 0. The second kappa shape index (κ2) is 3.83. The van der Waals surface area contributed by atoms with Crippen LogP contribution < -0.4 is 0 Å². The lowest BCUT2D eigenvalue weighted by Gasteiger charge is -2.12. The lowest BCUT2D eigenvalue weighted by molar-refractivity contribution is 0.0683. The first kappa shape index (κ1) is 10.1. The number of carboxylic acids is 1. The third kappa shape index (κ3) is 1.85. The normalized spacial score (nSPS) is 10.8. The largest absolute Gasteiger partial charge is 0.477 e. The summed E-state index contributed by atoms with van der Waals surface area (Å²) in [5.41, 5.74) is 0.221. The number of rotatable bonds is 3. The fourth-order valence-electron chi connectivity index (χ4n) is 1.25. The van der Waals surface area contributed by atoms with Crippen molar-refractivity contribution in [1.29, 1.82) is 0 Å². The van der Waals surface area contributed by atoms with Crippen molar-refractivity contribution in [2.45, 2.75) is 25.6 Å². The van der Waals surface area contributed by atoms with E-state index in [4.69, 9.17) is 5.11 Å². The van der Waals surface area contributed by atoms with Gasteiger partial charge in [-0.15, -0.1) is 0 Å². The maximum Gasteiger partial charge on any atom is 0.354 e. The van der Waals surface area contributed by atoms with Crippen molar-refractivity contribution in [2.75, 3.05) is 0 Å². The van der Waals surface area contributed by atoms with Gasteiger partial charge in [0.1, 0.15) is 11.5 Å². The van der Waals surface area contributed by atoms with E-state index >= 15 is 0 Å². The van der Waals surface area contributed by atoms with Gasteiger partial charge in [-0.1, -0.05) is 0 Å². The minimum Gasteiger partial charge on any atom is -0.477 e. The molecule has 0 fully saturated rings. The molecule has 1 heterocycles. The van der Waals surface area contributed by atoms with Gasteiger partial charge in [0.2, 0.25) is 0 Å². The van der Waals surface area contributed by atoms with E-state index in [1.54, 1.807) is 4.57 Å². The van der Waals surface area contributed by atoms with Gasteiger partial charge in [0.15, 0.2) is 0 Å². The molecule has 1 rings (SSSR count). The molecule has 0 radical (unpaired) electrons. The molecule has 0 saturated carbocycles. The Kier molecular flexibility index (Phi) is 2.98. The van der Waals surface area contributed by atoms with Crippen LogP contribution >= 0.6 is 12.6 Å². The summed E-state index contributed by atoms with van der Waals surface area (Å²) in [5, 5.41) is 8.84. The summed E-state index contributed by atoms with van der Waals surface area (Å²) in [4.78, 5) is 14.8. The third-order valence-electron chi connectivity index (χ3n) is 1.75. The zero-order valence-corrected chi connectivity index (χ0v) is 8.45. The number of imidazole rings is 1. The molecule has 72 valence electrons. The van der Waals surface area contributed by atoms with Crippen molar-refractivity contribution in [1.82, 2.24) is 9.55 Å². The van der Waals surface area contributed by atoms with E-state index in [1.807, 2.05) is 13.8 Å². The van der Waals surface area contributed by atoms with Crippen LogP contribution in [0.5, 0.6) is 0 Å². The fraction of sp³-hybridized carbons (Fsp3) is 0.500. The van der Waals surface area contributed by atoms with Gasteiger partial charge in [-0.2, -0.15) is 12.6 Å². The van der Waals surface area contributed by atoms with Crippen molar-refractivity contribution in [3.05, 3.63) is 17.7 Å². The molecule has 0 spiro atoms. The Labute approximate surface area is 82.0 Å². The first-order valence-corrected chi connectivity index (χ1v) is 4.61. The summed E-state index contributed by atoms with van der Waals surface area (Å²) in [5.74, 6) is 0.191. The highest BCUT2D eigenvalue weighted by molar-refractivity contribution is 7.79. The SMILES string of the molecule is CC(C)n1c(C(=O)O)cnc1CS. The molecule has 0 amide bonds. The number of aromatic carboxylic acids is 1. The van der Waals surface area contributed by atoms with E-state index in [0.717, 1.165) is 0 Å². The Hall–Kier alpha value is -0.970. The maximum atomic E-state index is 10.8. The van der Waals surface area contributed by atoms with E-state index < -0.39 is 5.97 Å². The van der Waals surface area contributed by atoms with Crippen LogP contribution in [-0.4, -0.2) is 20.6 Å². The number of hydrogen-bond donors (Lipinski definition) is 2. The van der Waals surface area contributed by atoms with Gasteiger partial charge in [0.25, 0.3) is 0 Å². The van der Waals surface area contributed by atoms with Crippen LogP contribution in [0.4, 0.5) is 0 Å². The predicted octanol–water partition coefficient (Wildman–Crippen LogP) is 1.59. The highest BCUT2D eigenvalue weighted by Gasteiger charge is 2.16. The molecule has 0 saturated heterocycles. The summed E-state index contributed by atoms with van der Waals surface area (Å²) in [6.45, 7) is 3.84. The average molecular weight is 200 g/mol. The monoisotopic (exact) mass is 200 g/mol. The molecule has 1 aromatic heterocycles. The first-order valence-electron chi connectivity index (χ1n) is 3.98. The predicted molar refractivity (Wildman–Crippen MR) is 52.3 cm³/mol. The lowest BCUT2D eigenvalue weighted by atomic mass is 10.3. The van der Waals surface area contributed by atoms with Crippen LogP contribution in [0.1, 0.15) is 36.2 Å². The van der Waals surface area contributed by atoms with Crippen LogP contribution in [0.15, 0.2) is 6.20 Å². The number of nitrogens with zero attached hydrogens (tertiary/aromatic N) is 2. The molecule has 1 aromatic rings. The number of thiol groups is 1. The van der Waals surface area contributed by atoms with Gasteiger partial charge in [-0.05, 0) is 13.8 Å². The number of carboxylic acid groups (broad SMARTS) is 1. The number of carbonyl (C=O) groups is 1. The molecule has 0 aliphatic rings. The van der Waals surface area contributed by atoms with Crippen molar-refractivity contribution >= 4 is 18.6 Å². The summed E-state index contributed by atoms with van der Waals surface area (Å²) in [6.07, 6.45) is 1.37. The molecule has 0 aromatic carbocycles. The highest BCUT2D eigenvalue weighted by Crippen LogP contribution is 2.14. The van der Waals surface area contributed by atoms with Crippen molar-refractivity contribution < 1.29 is 9.90 Å². The van der Waals surface area contributed by atoms with E-state index in [9.17, 15) is 4.79 Å². The second-order valence-corrected chi connectivity index (χ2v) is 3.30. The van der Waals surface area contributed by atoms with E-state index in [1.165, 1.54) is 6.20 Å². The molecule has 0 unspecified atom stereocenters. The third-order valence-corrected chi connectivity index (χ3v) is 2.03. The van der Waals surface area contributed by atoms with Crippen molar-refractivity contribution in [2.24, 2.45) is 0 Å². The molecule has 0 atom stereocenters. The number of aromatic nitrogens is 2. The van der Waals surface area contributed by atoms with Crippen LogP contribution in [0.3, 0.4) is 0 Å². The van der Waals surface area contributed by atoms with Crippen LogP contribution in [0, 0.1) is 0 Å². The highest BCUT2D eigenvalue weighted by atomic mass is 32.1. The molecule has 0 aliphatic carbocycles. The molecule has 0 aliphatic heterocycles. The average Bonchev–Trinajstić information content (AvgIpc) is 2.46. The lowest BCUT2D eigenvalue weighted by Crippen LogP contribution is -2.12. The van der Waals surface area contributed by atoms with Crippen LogP contribution in [0.25, 0.3) is 0 Å². The Morgan fingerprint density at radius 3 is 2.77 bits per heavy atom. The molecular formula is C8H12N2O2S. The zero-order chi connectivity index (χ0) is 10.0. The van der Waals surface area contributed by atoms with Gasteiger partial charge in [0, 0.05) is 11.8 Å². The fourth-order valence-corrected chi connectivity index (χ4v) is 1.48. The number of hydrogen-bond acceptors (Lipinski definition) is 3. The Morgan fingerprint density at radius 1 is 1.77 bits per heavy atom. The van der Waals surface area contributed by atoms with E-state index in [2.05, 4.69) is 17.6 Å². The Bertz CT molecular complexity index is 320. The van der Waals surface area contributed by atoms with Crippen molar-refractivity contribution in [3.8, 4) is 0 Å². The molecule has 5 heteroatoms. The summed E-state index contributed by atoms with van der Waals surface area (Å²) >= 11 is 4.08. The van der Waals surface area contributed by atoms with Crippen LogP contribution in [0.2, 0.25) is 0 Å². The zero-order valence-electron chi connectivity index (χ0n) is 7.56. The maximum absolute atomic E-state index is 10.8. The quantitative estimate of drug-likeness (QED) is 0.728. The molecule has 13 heavy (non-hydrogen) atoms. The van der Waals surface area contributed by atoms with Gasteiger partial charge < -0.3 is 9.67 Å². The van der Waals surface area contributed by atoms with Gasteiger partial charge in [-0.25, -0.2) is 9.78 Å². The van der Waals surface area contributed by atoms with Crippen molar-refractivity contribution in [3.63, 3.8) is 0 Å². The first-order chi connectivity index (χ1) is 6.07. The van der Waals surface area contributed by atoms with Gasteiger partial charge >= 0.3 is 5.97 Å². The molecule has 4 nitrogen and oxygen atoms in total. The molecule has 0 bridgehead atoms.